The molecule has 0 aliphatic rings. The zero-order valence-corrected chi connectivity index (χ0v) is 30.5. The fourth-order valence-corrected chi connectivity index (χ4v) is 8.22. The zero-order valence-electron chi connectivity index (χ0n) is 30.5. The smallest absolute Gasteiger partial charge is 0.309 e. The molecule has 2 heterocycles. The summed E-state index contributed by atoms with van der Waals surface area (Å²) < 4.78 is 132. The van der Waals surface area contributed by atoms with E-state index in [0.29, 0.717) is 60.9 Å². The Hall–Kier alpha value is -7.00. The molecule has 3 nitrogen and oxygen atoms in total. The number of nitriles is 1. The molecule has 0 amide bonds. The molecule has 0 saturated heterocycles. The van der Waals surface area contributed by atoms with Gasteiger partial charge in [-0.25, -0.2) is 0 Å². The predicted octanol–water partition coefficient (Wildman–Crippen LogP) is 14.5. The predicted molar refractivity (Wildman–Crippen MR) is 210 cm³/mol. The quantitative estimate of drug-likeness (QED) is 0.163. The Balaban J connectivity index is 1.43. The molecule has 0 atom stereocenters. The monoisotopic (exact) mass is 803 g/mol. The number of nitrogens with zero attached hydrogens (tertiary/aromatic N) is 3. The molecule has 0 N–H and O–H groups in total. The lowest BCUT2D eigenvalue weighted by molar-refractivity contribution is -0.138. The van der Waals surface area contributed by atoms with Crippen molar-refractivity contribution in [1.29, 1.82) is 5.26 Å². The molecule has 0 unspecified atom stereocenters. The molecule has 9 aromatic rings. The van der Waals surface area contributed by atoms with Gasteiger partial charge in [0, 0.05) is 32.7 Å². The van der Waals surface area contributed by atoms with E-state index in [0.717, 1.165) is 30.3 Å². The van der Waals surface area contributed by atoms with E-state index in [4.69, 9.17) is 0 Å². The molecule has 2 aromatic heterocycles. The molecule has 0 saturated carbocycles. The van der Waals surface area contributed by atoms with E-state index in [1.807, 2.05) is 0 Å². The van der Waals surface area contributed by atoms with Crippen molar-refractivity contribution in [3.05, 3.63) is 167 Å². The third-order valence-electron chi connectivity index (χ3n) is 10.8. The van der Waals surface area contributed by atoms with Crippen molar-refractivity contribution < 1.29 is 39.5 Å². The Labute approximate surface area is 329 Å². The lowest BCUT2D eigenvalue weighted by Crippen LogP contribution is -2.08. The lowest BCUT2D eigenvalue weighted by atomic mass is 9.90. The number of halogens is 9. The first-order valence-electron chi connectivity index (χ1n) is 18.1. The number of aryl methyl sites for hydroxylation is 1. The Morgan fingerprint density at radius 2 is 1.00 bits per heavy atom. The van der Waals surface area contributed by atoms with Gasteiger partial charge in [-0.1, -0.05) is 60.7 Å². The number of alkyl halides is 9. The molecule has 292 valence electrons. The Morgan fingerprint density at radius 3 is 1.54 bits per heavy atom. The number of hydrogen-bond donors (Lipinski definition) is 0. The third-order valence-corrected chi connectivity index (χ3v) is 10.8. The number of fused-ring (bicyclic) bond motifs is 6. The van der Waals surface area contributed by atoms with Crippen molar-refractivity contribution in [2.24, 2.45) is 0 Å². The van der Waals surface area contributed by atoms with Crippen LogP contribution < -0.4 is 0 Å². The van der Waals surface area contributed by atoms with E-state index < -0.39 is 35.2 Å². The summed E-state index contributed by atoms with van der Waals surface area (Å²) in [6.07, 6.45) is -14.0. The SMILES string of the molecule is Cc1cccc(C(F)(F)F)c1-c1ccc(-n2c3ccccc3c3cc(C(F)(F)F)ccc32)c(-c2ccc(C#N)cc2-n2c3ccccc3c3cc(C(F)(F)F)ccc32)c1. The van der Waals surface area contributed by atoms with Crippen LogP contribution in [0.3, 0.4) is 0 Å². The highest BCUT2D eigenvalue weighted by atomic mass is 19.4. The van der Waals surface area contributed by atoms with Crippen LogP contribution in [0.4, 0.5) is 39.5 Å². The van der Waals surface area contributed by atoms with E-state index in [9.17, 15) is 44.8 Å². The van der Waals surface area contributed by atoms with Crippen LogP contribution in [0.15, 0.2) is 140 Å². The van der Waals surface area contributed by atoms with Gasteiger partial charge in [-0.2, -0.15) is 44.8 Å². The van der Waals surface area contributed by atoms with Crippen LogP contribution in [0.1, 0.15) is 27.8 Å². The van der Waals surface area contributed by atoms with Crippen LogP contribution in [0.25, 0.3) is 77.2 Å². The van der Waals surface area contributed by atoms with Crippen LogP contribution in [-0.4, -0.2) is 9.13 Å². The number of rotatable bonds is 4. The van der Waals surface area contributed by atoms with E-state index in [-0.39, 0.29) is 27.5 Å². The minimum atomic E-state index is -4.74. The van der Waals surface area contributed by atoms with Crippen molar-refractivity contribution in [3.63, 3.8) is 0 Å². The summed E-state index contributed by atoms with van der Waals surface area (Å²) in [5.74, 6) is 0. The molecule has 9 rings (SSSR count). The summed E-state index contributed by atoms with van der Waals surface area (Å²) in [7, 11) is 0. The molecule has 59 heavy (non-hydrogen) atoms. The Bertz CT molecular complexity index is 3210. The molecular weight excluding hydrogens is 778 g/mol. The maximum atomic E-state index is 14.6. The molecule has 0 radical (unpaired) electrons. The Kier molecular flexibility index (Phi) is 8.45. The van der Waals surface area contributed by atoms with Gasteiger partial charge in [0.15, 0.2) is 0 Å². The van der Waals surface area contributed by atoms with Crippen molar-refractivity contribution in [2.75, 3.05) is 0 Å². The normalized spacial score (nSPS) is 12.6. The van der Waals surface area contributed by atoms with E-state index in [2.05, 4.69) is 6.07 Å². The second kappa shape index (κ2) is 13.3. The highest BCUT2D eigenvalue weighted by molar-refractivity contribution is 6.12. The van der Waals surface area contributed by atoms with Gasteiger partial charge in [0.25, 0.3) is 0 Å². The molecule has 12 heteroatoms. The molecule has 0 bridgehead atoms. The van der Waals surface area contributed by atoms with Crippen LogP contribution in [0, 0.1) is 18.3 Å². The summed E-state index contributed by atoms with van der Waals surface area (Å²) in [4.78, 5) is 0. The average molecular weight is 804 g/mol. The van der Waals surface area contributed by atoms with Crippen molar-refractivity contribution in [3.8, 4) is 39.7 Å². The minimum Gasteiger partial charge on any atom is -0.309 e. The van der Waals surface area contributed by atoms with Gasteiger partial charge in [0.2, 0.25) is 0 Å². The fraction of sp³-hybridized carbons (Fsp3) is 0.0851. The first-order chi connectivity index (χ1) is 28.0. The van der Waals surface area contributed by atoms with Gasteiger partial charge in [0.1, 0.15) is 0 Å². The first kappa shape index (κ1) is 37.6. The van der Waals surface area contributed by atoms with E-state index in [1.54, 1.807) is 94.9 Å². The molecule has 0 aliphatic heterocycles. The summed E-state index contributed by atoms with van der Waals surface area (Å²) in [5, 5.41) is 11.7. The maximum absolute atomic E-state index is 14.6. The highest BCUT2D eigenvalue weighted by Gasteiger charge is 2.35. The fourth-order valence-electron chi connectivity index (χ4n) is 8.22. The highest BCUT2D eigenvalue weighted by Crippen LogP contribution is 2.46. The standard InChI is InChI=1S/C47H26F9N3/c1-26-7-6-10-37(47(54,55)56)44(26)28-14-18-40(58-38-11-4-2-8-31(38)35-23-29(45(48,49)50)15-19-41(35)58)34(22-28)33-17-13-27(25-57)21-43(33)59-39-12-5-3-9-32(39)36-24-30(46(51,52)53)16-20-42(36)59/h2-24H,1H3. The Morgan fingerprint density at radius 1 is 0.458 bits per heavy atom. The summed E-state index contributed by atoms with van der Waals surface area (Å²) in [6.45, 7) is 1.56. The van der Waals surface area contributed by atoms with Gasteiger partial charge in [-0.15, -0.1) is 0 Å². The summed E-state index contributed by atoms with van der Waals surface area (Å²) >= 11 is 0. The van der Waals surface area contributed by atoms with Crippen molar-refractivity contribution in [1.82, 2.24) is 9.13 Å². The topological polar surface area (TPSA) is 33.6 Å². The number of aromatic nitrogens is 2. The van der Waals surface area contributed by atoms with Crippen LogP contribution >= 0.6 is 0 Å². The zero-order chi connectivity index (χ0) is 41.6. The maximum Gasteiger partial charge on any atom is 0.417 e. The van der Waals surface area contributed by atoms with Crippen molar-refractivity contribution >= 4 is 43.6 Å². The molecule has 7 aromatic carbocycles. The van der Waals surface area contributed by atoms with E-state index in [1.165, 1.54) is 30.3 Å². The summed E-state index contributed by atoms with van der Waals surface area (Å²) in [6, 6.07) is 35.8. The number of benzene rings is 7. The van der Waals surface area contributed by atoms with Crippen molar-refractivity contribution in [2.45, 2.75) is 25.5 Å². The van der Waals surface area contributed by atoms with Gasteiger partial charge < -0.3 is 9.13 Å². The number of hydrogen-bond acceptors (Lipinski definition) is 1. The second-order valence-corrected chi connectivity index (χ2v) is 14.2. The summed E-state index contributed by atoms with van der Waals surface area (Å²) in [5.41, 5.74) is 1.17. The van der Waals surface area contributed by atoms with Crippen LogP contribution in [0.2, 0.25) is 0 Å². The molecule has 0 aliphatic carbocycles. The minimum absolute atomic E-state index is 0.0865. The van der Waals surface area contributed by atoms with Gasteiger partial charge in [-0.05, 0) is 102 Å². The third kappa shape index (κ3) is 6.16. The van der Waals surface area contributed by atoms with Crippen LogP contribution in [0.5, 0.6) is 0 Å². The van der Waals surface area contributed by atoms with E-state index >= 15 is 0 Å². The molecular formula is C47H26F9N3. The number of para-hydroxylation sites is 2. The first-order valence-corrected chi connectivity index (χ1v) is 18.1. The molecule has 0 fully saturated rings. The van der Waals surface area contributed by atoms with Crippen LogP contribution in [-0.2, 0) is 18.5 Å². The average Bonchev–Trinajstić information content (AvgIpc) is 3.71. The lowest BCUT2D eigenvalue weighted by Gasteiger charge is -2.21. The second-order valence-electron chi connectivity index (χ2n) is 14.2. The molecule has 0 spiro atoms. The van der Waals surface area contributed by atoms with Gasteiger partial charge >= 0.3 is 18.5 Å². The van der Waals surface area contributed by atoms with Gasteiger partial charge in [-0.3, -0.25) is 0 Å². The van der Waals surface area contributed by atoms with Gasteiger partial charge in [0.05, 0.1) is 61.8 Å². The largest absolute Gasteiger partial charge is 0.417 e.